The molecule has 4 aromatic carbocycles. The summed E-state index contributed by atoms with van der Waals surface area (Å²) in [5.41, 5.74) is 15.5. The summed E-state index contributed by atoms with van der Waals surface area (Å²) in [7, 11) is 0. The van der Waals surface area contributed by atoms with E-state index in [-0.39, 0.29) is 57.1 Å². The number of hydrazine groups is 4. The molecule has 33 nitrogen and oxygen atoms in total. The highest BCUT2D eigenvalue weighted by Crippen LogP contribution is 2.45. The van der Waals surface area contributed by atoms with E-state index < -0.39 is 122 Å². The maximum atomic E-state index is 14.9. The highest BCUT2D eigenvalue weighted by molar-refractivity contribution is 5.92. The third-order valence-electron chi connectivity index (χ3n) is 16.6. The zero-order valence-electron chi connectivity index (χ0n) is 50.0. The number of rotatable bonds is 27. The van der Waals surface area contributed by atoms with Crippen molar-refractivity contribution in [1.82, 2.24) is 57.6 Å². The van der Waals surface area contributed by atoms with Gasteiger partial charge in [0, 0.05) is 48.6 Å². The number of aliphatic hydroxyl groups is 6. The fourth-order valence-electron chi connectivity index (χ4n) is 12.1. The first-order valence-corrected chi connectivity index (χ1v) is 29.9. The van der Waals surface area contributed by atoms with Crippen LogP contribution in [0.15, 0.2) is 135 Å². The Hall–Kier alpha value is -8.91. The molecule has 0 bridgehead atoms. The van der Waals surface area contributed by atoms with E-state index in [1.165, 1.54) is 10.9 Å². The Bertz CT molecular complexity index is 3520. The van der Waals surface area contributed by atoms with Gasteiger partial charge < -0.3 is 97.0 Å². The van der Waals surface area contributed by atoms with Crippen LogP contribution in [0.1, 0.15) is 40.3 Å². The van der Waals surface area contributed by atoms with Crippen molar-refractivity contribution in [1.29, 1.82) is 0 Å². The number of hydrogen-bond donors (Lipinski definition) is 18. The number of fused-ring (bicyclic) bond motifs is 4. The van der Waals surface area contributed by atoms with Gasteiger partial charge in [-0.25, -0.2) is 32.8 Å². The van der Waals surface area contributed by atoms with Crippen LogP contribution < -0.4 is 61.0 Å². The van der Waals surface area contributed by atoms with E-state index in [9.17, 15) is 45.0 Å². The van der Waals surface area contributed by atoms with Crippen LogP contribution in [0.5, 0.6) is 0 Å². The predicted molar refractivity (Wildman–Crippen MR) is 335 cm³/mol. The smallest absolute Gasteiger partial charge is 0.407 e. The molecule has 1 saturated carbocycles. The van der Waals surface area contributed by atoms with Crippen LogP contribution in [-0.4, -0.2) is 211 Å². The normalized spacial score (nSPS) is 27.8. The maximum Gasteiger partial charge on any atom is 0.407 e. The lowest BCUT2D eigenvalue weighted by Crippen LogP contribution is -2.65. The van der Waals surface area contributed by atoms with Crippen LogP contribution in [0.4, 0.5) is 4.79 Å². The molecule has 3 amide bonds. The number of H-pyrrole nitrogens is 1. The van der Waals surface area contributed by atoms with Gasteiger partial charge in [-0.05, 0) is 45.9 Å². The first-order chi connectivity index (χ1) is 45.2. The molecule has 2 aromatic heterocycles. The predicted octanol–water partition coefficient (Wildman–Crippen LogP) is -3.89. The van der Waals surface area contributed by atoms with Crippen molar-refractivity contribution in [3.05, 3.63) is 143 Å². The van der Waals surface area contributed by atoms with E-state index in [2.05, 4.69) is 72.9 Å². The first-order valence-electron chi connectivity index (χ1n) is 29.9. The second kappa shape index (κ2) is 31.6. The number of aliphatic hydroxyl groups excluding tert-OH is 6. The number of aromatic amines is 1. The number of ether oxygens (including phenoxy) is 5. The number of amides is 3. The van der Waals surface area contributed by atoms with Gasteiger partial charge >= 0.3 is 6.09 Å². The molecular formula is C60H77N19O14. The number of carbonyl (C=O) groups excluding carboxylic acids is 3. The quantitative estimate of drug-likeness (QED) is 0.0101. The second-order valence-electron chi connectivity index (χ2n) is 22.6. The molecule has 22 N–H and O–H groups in total. The van der Waals surface area contributed by atoms with E-state index >= 15 is 0 Å². The minimum atomic E-state index is -1.87. The van der Waals surface area contributed by atoms with E-state index in [0.717, 1.165) is 69.6 Å². The number of alkyl carbamates (subject to hydrolysis) is 1. The molecule has 2 saturated heterocycles. The van der Waals surface area contributed by atoms with Crippen molar-refractivity contribution in [2.45, 2.75) is 142 Å². The Kier molecular flexibility index (Phi) is 22.8. The molecule has 93 heavy (non-hydrogen) atoms. The Morgan fingerprint density at radius 1 is 0.656 bits per heavy atom. The average Bonchev–Trinajstić information content (AvgIpc) is 1.74. The van der Waals surface area contributed by atoms with Gasteiger partial charge in [-0.15, -0.1) is 5.10 Å². The van der Waals surface area contributed by atoms with Crippen molar-refractivity contribution >= 4 is 54.2 Å². The first kappa shape index (κ1) is 67.0. The van der Waals surface area contributed by atoms with Crippen LogP contribution in [0.25, 0.3) is 22.0 Å². The SMILES string of the molecule is NNC=NC[C@@H]1O[C@@H](O[C@H]2[C@H](O)[C@@H](O[C@H]3O[C@H](Cn4cc(CC(NC(=O)OCC5c6ccccc6-c6ccccc65)C(=O)NC(Cc5c[nH]c6ccccc56)C(=O)NCc5ccccc5)nn4)[C@@H](O)[C@@H](N=CNN)[C@H]3O)[C@@H](N=CNN)C[C@@H]2N=CNN)[C@@H](O)[C@H](O)[C@H]1O. The van der Waals surface area contributed by atoms with E-state index in [1.54, 1.807) is 6.20 Å². The summed E-state index contributed by atoms with van der Waals surface area (Å²) in [6, 6.07) is 26.3. The van der Waals surface area contributed by atoms with Gasteiger partial charge in [-0.2, -0.15) is 0 Å². The Balaban J connectivity index is 0.898. The summed E-state index contributed by atoms with van der Waals surface area (Å²) in [5.74, 6) is 20.4. The van der Waals surface area contributed by atoms with Gasteiger partial charge in [-0.1, -0.05) is 102 Å². The number of nitrogens with one attached hydrogen (secondary N) is 8. The zero-order valence-corrected chi connectivity index (χ0v) is 50.0. The molecule has 33 heteroatoms. The zero-order chi connectivity index (χ0) is 65.5. The molecule has 2 aliphatic carbocycles. The second-order valence-corrected chi connectivity index (χ2v) is 22.6. The highest BCUT2D eigenvalue weighted by atomic mass is 16.7. The lowest BCUT2D eigenvalue weighted by molar-refractivity contribution is -0.331. The lowest BCUT2D eigenvalue weighted by Gasteiger charge is -2.48. The summed E-state index contributed by atoms with van der Waals surface area (Å²) < 4.78 is 32.1. The molecule has 3 fully saturated rings. The Morgan fingerprint density at radius 3 is 1.94 bits per heavy atom. The lowest BCUT2D eigenvalue weighted by atomic mass is 9.83. The number of nitrogens with two attached hydrogens (primary N) is 4. The fraction of sp³-hybridized carbons (Fsp3) is 0.417. The summed E-state index contributed by atoms with van der Waals surface area (Å²) >= 11 is 0. The summed E-state index contributed by atoms with van der Waals surface area (Å²) in [5, 5.41) is 86.9. The van der Waals surface area contributed by atoms with Gasteiger partial charge in [0.05, 0.1) is 56.2 Å². The number of aromatic nitrogens is 4. The molecule has 0 radical (unpaired) electrons. The number of carbonyl (C=O) groups is 3. The molecule has 6 aromatic rings. The molecule has 2 unspecified atom stereocenters. The van der Waals surface area contributed by atoms with Crippen LogP contribution >= 0.6 is 0 Å². The van der Waals surface area contributed by atoms with Crippen molar-refractivity contribution in [2.24, 2.45) is 43.3 Å². The standard InChI is InChI=1S/C60H77N19O14/c61-71-27-65-23-45-49(81)51(83)52(84)59(90-45)93-55-42(69-29-73-63)20-41(68-28-72-62)54(53(55)85)92-58-50(82)47(70-30-74-64)48(80)46(91-58)25-79-24-33(77-78-79)19-44(76-60(88)89-26-39-37-15-6-4-13-35(37)36-14-5-7-16-38(36)39)57(87)75-43(56(86)67-21-31-10-2-1-3-11-31)18-32-22-66-40-17-9-8-12-34(32)40/h1-17,22,24,27-30,39,41-55,58-59,66,80-85H,18-21,23,25-26,61-64H2,(H,65,71)(H,67,86)(H,68,72)(H,69,73)(H,70,74)(H,75,87)(H,76,88)/t41-,42-,43?,44?,45-,46+,47+,48+,49-,50+,51+,52-,53+,54-,55+,58+,59-/m0/s1. The Labute approximate surface area is 531 Å². The largest absolute Gasteiger partial charge is 0.449 e. The van der Waals surface area contributed by atoms with Gasteiger partial charge in [0.25, 0.3) is 0 Å². The topological polar surface area (TPSA) is 503 Å². The number of nitrogens with zero attached hydrogens (tertiary/aromatic N) is 7. The van der Waals surface area contributed by atoms with Gasteiger partial charge in [0.2, 0.25) is 11.8 Å². The van der Waals surface area contributed by atoms with Crippen molar-refractivity contribution in [2.75, 3.05) is 13.2 Å². The highest BCUT2D eigenvalue weighted by Gasteiger charge is 2.54. The van der Waals surface area contributed by atoms with Gasteiger partial charge in [0.15, 0.2) is 12.6 Å². The Morgan fingerprint density at radius 2 is 1.26 bits per heavy atom. The molecule has 496 valence electrons. The monoisotopic (exact) mass is 1290 g/mol. The van der Waals surface area contributed by atoms with Crippen LogP contribution in [-0.2, 0) is 59.2 Å². The third-order valence-corrected chi connectivity index (χ3v) is 16.6. The fourth-order valence-corrected chi connectivity index (χ4v) is 12.1. The summed E-state index contributed by atoms with van der Waals surface area (Å²) in [4.78, 5) is 63.6. The number of aliphatic imine (C=N–C) groups is 4. The summed E-state index contributed by atoms with van der Waals surface area (Å²) in [6.07, 6.45) is -13.3. The third kappa shape index (κ3) is 15.9. The minimum Gasteiger partial charge on any atom is -0.449 e. The van der Waals surface area contributed by atoms with Crippen LogP contribution in [0, 0.1) is 0 Å². The molecule has 0 spiro atoms. The number of hydrogen-bond acceptors (Lipinski definition) is 24. The van der Waals surface area contributed by atoms with Crippen molar-refractivity contribution in [3.63, 3.8) is 0 Å². The van der Waals surface area contributed by atoms with Crippen molar-refractivity contribution < 1.29 is 68.7 Å². The maximum absolute atomic E-state index is 14.9. The minimum absolute atomic E-state index is 0.0514. The van der Waals surface area contributed by atoms with Crippen molar-refractivity contribution in [3.8, 4) is 11.1 Å². The molecule has 2 aliphatic heterocycles. The van der Waals surface area contributed by atoms with Gasteiger partial charge in [0.1, 0.15) is 85.8 Å². The van der Waals surface area contributed by atoms with E-state index in [4.69, 9.17) is 47.1 Å². The number of para-hydroxylation sites is 1. The molecule has 4 aliphatic rings. The molecule has 10 rings (SSSR count). The average molecular weight is 1290 g/mol. The van der Waals surface area contributed by atoms with Crippen LogP contribution in [0.3, 0.4) is 0 Å². The molecule has 17 atom stereocenters. The van der Waals surface area contributed by atoms with E-state index in [0.29, 0.717) is 0 Å². The van der Waals surface area contributed by atoms with Crippen LogP contribution in [0.2, 0.25) is 0 Å². The van der Waals surface area contributed by atoms with E-state index in [1.807, 2.05) is 103 Å². The molecule has 4 heterocycles. The molecular weight excluding hydrogens is 1210 g/mol. The van der Waals surface area contributed by atoms with Gasteiger partial charge in [-0.3, -0.25) is 29.6 Å². The summed E-state index contributed by atoms with van der Waals surface area (Å²) in [6.45, 7) is -0.500. The number of benzene rings is 4.